The number of thiophene rings is 1. The van der Waals surface area contributed by atoms with E-state index in [-0.39, 0.29) is 5.91 Å². The van der Waals surface area contributed by atoms with Crippen LogP contribution in [0.3, 0.4) is 0 Å². The average molecular weight is 357 g/mol. The molecule has 2 aromatic carbocycles. The van der Waals surface area contributed by atoms with Crippen molar-refractivity contribution in [2.24, 2.45) is 5.10 Å². The Morgan fingerprint density at radius 3 is 2.54 bits per heavy atom. The number of hydrazone groups is 1. The van der Waals surface area contributed by atoms with E-state index in [1.54, 1.807) is 0 Å². The van der Waals surface area contributed by atoms with Crippen LogP contribution in [0.2, 0.25) is 5.02 Å². The highest BCUT2D eigenvalue weighted by Gasteiger charge is 2.16. The van der Waals surface area contributed by atoms with Gasteiger partial charge in [-0.05, 0) is 18.1 Å². The van der Waals surface area contributed by atoms with Crippen LogP contribution in [0.4, 0.5) is 0 Å². The summed E-state index contributed by atoms with van der Waals surface area (Å²) in [4.78, 5) is 13.0. The first kappa shape index (κ1) is 16.7. The van der Waals surface area contributed by atoms with Crippen molar-refractivity contribution in [3.63, 3.8) is 0 Å². The first-order valence-corrected chi connectivity index (χ1v) is 8.99. The highest BCUT2D eigenvalue weighted by molar-refractivity contribution is 7.21. The van der Waals surface area contributed by atoms with E-state index in [4.69, 9.17) is 11.6 Å². The maximum Gasteiger partial charge on any atom is 0.283 e. The van der Waals surface area contributed by atoms with Crippen LogP contribution in [0, 0.1) is 0 Å². The van der Waals surface area contributed by atoms with E-state index in [1.807, 2.05) is 54.6 Å². The van der Waals surface area contributed by atoms with Crippen LogP contribution in [0.25, 0.3) is 10.1 Å². The van der Waals surface area contributed by atoms with Crippen LogP contribution in [-0.4, -0.2) is 11.6 Å². The largest absolute Gasteiger partial charge is 0.283 e. The van der Waals surface area contributed by atoms with Gasteiger partial charge in [0, 0.05) is 10.1 Å². The van der Waals surface area contributed by atoms with Gasteiger partial charge in [0.2, 0.25) is 0 Å². The van der Waals surface area contributed by atoms with Crippen molar-refractivity contribution in [2.75, 3.05) is 0 Å². The van der Waals surface area contributed by atoms with Gasteiger partial charge in [0.25, 0.3) is 5.91 Å². The molecule has 1 heterocycles. The predicted octanol–water partition coefficient (Wildman–Crippen LogP) is 5.49. The minimum Gasteiger partial charge on any atom is -0.266 e. The molecular weight excluding hydrogens is 340 g/mol. The van der Waals surface area contributed by atoms with Crippen LogP contribution in [-0.2, 0) is 0 Å². The number of carbonyl (C=O) groups excluding carboxylic acids is 1. The van der Waals surface area contributed by atoms with Crippen molar-refractivity contribution in [3.8, 4) is 0 Å². The van der Waals surface area contributed by atoms with Gasteiger partial charge in [0.1, 0.15) is 4.88 Å². The van der Waals surface area contributed by atoms with Gasteiger partial charge in [-0.1, -0.05) is 73.5 Å². The minimum atomic E-state index is -0.272. The van der Waals surface area contributed by atoms with Crippen LogP contribution in [0.5, 0.6) is 0 Å². The zero-order valence-electron chi connectivity index (χ0n) is 13.3. The topological polar surface area (TPSA) is 41.5 Å². The number of benzene rings is 2. The van der Waals surface area contributed by atoms with Gasteiger partial charge in [0.15, 0.2) is 0 Å². The highest BCUT2D eigenvalue weighted by atomic mass is 35.5. The molecule has 0 aliphatic rings. The van der Waals surface area contributed by atoms with Crippen molar-refractivity contribution >= 4 is 44.6 Å². The summed E-state index contributed by atoms with van der Waals surface area (Å²) in [5, 5.41) is 5.72. The zero-order valence-corrected chi connectivity index (χ0v) is 14.8. The maximum absolute atomic E-state index is 12.5. The number of hydrogen-bond acceptors (Lipinski definition) is 3. The fraction of sp³-hybridized carbons (Fsp3) is 0.158. The third kappa shape index (κ3) is 3.50. The lowest BCUT2D eigenvalue weighted by atomic mass is 10.1. The lowest BCUT2D eigenvalue weighted by molar-refractivity contribution is 0.0959. The molecule has 1 aromatic heterocycles. The van der Waals surface area contributed by atoms with Gasteiger partial charge < -0.3 is 0 Å². The number of hydrogen-bond donors (Lipinski definition) is 1. The molecule has 0 unspecified atom stereocenters. The van der Waals surface area contributed by atoms with Crippen molar-refractivity contribution in [1.82, 2.24) is 5.43 Å². The molecular formula is C19H17ClN2OS. The van der Waals surface area contributed by atoms with Crippen LogP contribution in [0.1, 0.15) is 35.0 Å². The molecule has 0 spiro atoms. The van der Waals surface area contributed by atoms with E-state index < -0.39 is 0 Å². The Labute approximate surface area is 150 Å². The van der Waals surface area contributed by atoms with Crippen molar-refractivity contribution < 1.29 is 4.79 Å². The Hall–Kier alpha value is -2.17. The first-order chi connectivity index (χ1) is 11.7. The Balaban J connectivity index is 1.85. The summed E-state index contributed by atoms with van der Waals surface area (Å²) in [5.41, 5.74) is 4.54. The lowest BCUT2D eigenvalue weighted by Crippen LogP contribution is -2.19. The normalized spacial score (nSPS) is 11.7. The van der Waals surface area contributed by atoms with Crippen molar-refractivity contribution in [1.29, 1.82) is 0 Å². The lowest BCUT2D eigenvalue weighted by Gasteiger charge is -2.06. The van der Waals surface area contributed by atoms with Gasteiger partial charge in [-0.3, -0.25) is 4.79 Å². The summed E-state index contributed by atoms with van der Waals surface area (Å²) in [6, 6.07) is 17.6. The molecule has 0 radical (unpaired) electrons. The highest BCUT2D eigenvalue weighted by Crippen LogP contribution is 2.34. The number of carbonyl (C=O) groups is 1. The van der Waals surface area contributed by atoms with E-state index in [2.05, 4.69) is 17.5 Å². The Morgan fingerprint density at radius 1 is 1.12 bits per heavy atom. The molecule has 0 atom stereocenters. The molecule has 3 rings (SSSR count). The molecule has 122 valence electrons. The van der Waals surface area contributed by atoms with Crippen LogP contribution in [0.15, 0.2) is 59.7 Å². The summed E-state index contributed by atoms with van der Waals surface area (Å²) in [7, 11) is 0. The van der Waals surface area contributed by atoms with Crippen LogP contribution >= 0.6 is 22.9 Å². The van der Waals surface area contributed by atoms with Gasteiger partial charge in [-0.25, -0.2) is 5.43 Å². The molecule has 5 heteroatoms. The maximum atomic E-state index is 12.5. The number of fused-ring (bicyclic) bond motifs is 1. The third-order valence-corrected chi connectivity index (χ3v) is 5.30. The monoisotopic (exact) mass is 356 g/mol. The van der Waals surface area contributed by atoms with E-state index in [9.17, 15) is 4.79 Å². The van der Waals surface area contributed by atoms with Crippen LogP contribution < -0.4 is 5.43 Å². The van der Waals surface area contributed by atoms with Crippen molar-refractivity contribution in [3.05, 3.63) is 70.1 Å². The quantitative estimate of drug-likeness (QED) is 0.476. The van der Waals surface area contributed by atoms with Gasteiger partial charge in [-0.2, -0.15) is 5.10 Å². The second-order valence-corrected chi connectivity index (χ2v) is 6.79. The summed E-state index contributed by atoms with van der Waals surface area (Å²) in [6.45, 7) is 2.09. The predicted molar refractivity (Wildman–Crippen MR) is 102 cm³/mol. The second-order valence-electron chi connectivity index (χ2n) is 5.36. The number of rotatable bonds is 5. The standard InChI is InChI=1S/C19H17ClN2OS/c1-2-8-15(13-9-4-3-5-10-13)21-22-19(23)18-17(20)14-11-6-7-12-16(14)24-18/h3-7,9-12H,2,8H2,1H3,(H,22,23)/b21-15+. The molecule has 0 fully saturated rings. The Bertz CT molecular complexity index is 887. The molecule has 0 bridgehead atoms. The molecule has 0 aliphatic heterocycles. The molecule has 0 aliphatic carbocycles. The number of nitrogens with one attached hydrogen (secondary N) is 1. The molecule has 24 heavy (non-hydrogen) atoms. The molecule has 1 amide bonds. The fourth-order valence-corrected chi connectivity index (χ4v) is 3.87. The van der Waals surface area contributed by atoms with E-state index >= 15 is 0 Å². The smallest absolute Gasteiger partial charge is 0.266 e. The fourth-order valence-electron chi connectivity index (χ4n) is 2.46. The second kappa shape index (κ2) is 7.60. The molecule has 3 nitrogen and oxygen atoms in total. The minimum absolute atomic E-state index is 0.272. The van der Waals surface area contributed by atoms with E-state index in [1.165, 1.54) is 11.3 Å². The molecule has 3 aromatic rings. The summed E-state index contributed by atoms with van der Waals surface area (Å²) >= 11 is 7.73. The summed E-state index contributed by atoms with van der Waals surface area (Å²) in [5.74, 6) is -0.272. The number of halogens is 1. The van der Waals surface area contributed by atoms with Gasteiger partial charge in [-0.15, -0.1) is 11.3 Å². The van der Waals surface area contributed by atoms with Crippen molar-refractivity contribution in [2.45, 2.75) is 19.8 Å². The SMILES string of the molecule is CCC/C(=N\NC(=O)c1sc2ccccc2c1Cl)c1ccccc1. The number of amides is 1. The summed E-state index contributed by atoms with van der Waals surface area (Å²) in [6.07, 6.45) is 1.75. The number of nitrogens with zero attached hydrogens (tertiary/aromatic N) is 1. The third-order valence-electron chi connectivity index (χ3n) is 3.63. The van der Waals surface area contributed by atoms with E-state index in [0.29, 0.717) is 9.90 Å². The zero-order chi connectivity index (χ0) is 16.9. The molecule has 0 saturated carbocycles. The Morgan fingerprint density at radius 2 is 1.83 bits per heavy atom. The van der Waals surface area contributed by atoms with E-state index in [0.717, 1.165) is 34.2 Å². The Kier molecular flexibility index (Phi) is 5.28. The summed E-state index contributed by atoms with van der Waals surface area (Å²) < 4.78 is 0.994. The molecule has 0 saturated heterocycles. The average Bonchev–Trinajstić information content (AvgIpc) is 2.96. The van der Waals surface area contributed by atoms with Gasteiger partial charge >= 0.3 is 0 Å². The molecule has 1 N–H and O–H groups in total. The first-order valence-electron chi connectivity index (χ1n) is 7.80. The van der Waals surface area contributed by atoms with Gasteiger partial charge in [0.05, 0.1) is 10.7 Å².